The summed E-state index contributed by atoms with van der Waals surface area (Å²) in [5.74, 6) is 0.351. The second-order valence-corrected chi connectivity index (χ2v) is 8.27. The summed E-state index contributed by atoms with van der Waals surface area (Å²) in [6.45, 7) is 15.0. The fraction of sp³-hybridized carbons (Fsp3) is 0.652. The molecule has 0 heterocycles. The second kappa shape index (κ2) is 11.8. The molecular formula is C23H37NO5. The molecule has 1 unspecified atom stereocenters. The highest BCUT2D eigenvalue weighted by atomic mass is 16.5. The number of carbonyl (C=O) groups is 2. The van der Waals surface area contributed by atoms with Gasteiger partial charge in [-0.15, -0.1) is 0 Å². The summed E-state index contributed by atoms with van der Waals surface area (Å²) in [5, 5.41) is 2.90. The van der Waals surface area contributed by atoms with Gasteiger partial charge in [0.25, 0.3) is 5.91 Å². The van der Waals surface area contributed by atoms with Gasteiger partial charge < -0.3 is 19.5 Å². The van der Waals surface area contributed by atoms with Gasteiger partial charge in [-0.3, -0.25) is 4.79 Å². The van der Waals surface area contributed by atoms with E-state index in [1.165, 1.54) is 0 Å². The molecule has 0 spiro atoms. The first kappa shape index (κ1) is 25.0. The summed E-state index contributed by atoms with van der Waals surface area (Å²) in [6, 6.07) is 5.02. The summed E-state index contributed by atoms with van der Waals surface area (Å²) >= 11 is 0. The molecule has 0 aliphatic carbocycles. The summed E-state index contributed by atoms with van der Waals surface area (Å²) in [5.41, 5.74) is -0.142. The largest absolute Gasteiger partial charge is 0.492 e. The third-order valence-corrected chi connectivity index (χ3v) is 4.21. The first-order valence-corrected chi connectivity index (χ1v) is 10.5. The van der Waals surface area contributed by atoms with Crippen LogP contribution >= 0.6 is 0 Å². The van der Waals surface area contributed by atoms with E-state index in [1.807, 2.05) is 27.7 Å². The molecule has 1 aromatic rings. The van der Waals surface area contributed by atoms with Gasteiger partial charge in [0.15, 0.2) is 0 Å². The Balaban J connectivity index is 3.11. The van der Waals surface area contributed by atoms with Crippen LogP contribution in [0.4, 0.5) is 5.69 Å². The minimum Gasteiger partial charge on any atom is -0.492 e. The predicted octanol–water partition coefficient (Wildman–Crippen LogP) is 5.07. The van der Waals surface area contributed by atoms with E-state index in [0.717, 1.165) is 6.42 Å². The Hall–Kier alpha value is -2.08. The quantitative estimate of drug-likeness (QED) is 0.490. The fourth-order valence-corrected chi connectivity index (χ4v) is 2.95. The van der Waals surface area contributed by atoms with Crippen molar-refractivity contribution in [2.45, 2.75) is 66.9 Å². The van der Waals surface area contributed by atoms with E-state index < -0.39 is 11.6 Å². The van der Waals surface area contributed by atoms with Crippen LogP contribution in [0.3, 0.4) is 0 Å². The van der Waals surface area contributed by atoms with Gasteiger partial charge in [0.05, 0.1) is 13.2 Å². The van der Waals surface area contributed by atoms with Crippen LogP contribution in [0.2, 0.25) is 0 Å². The molecule has 1 amide bonds. The van der Waals surface area contributed by atoms with Crippen molar-refractivity contribution in [2.24, 2.45) is 11.8 Å². The molecule has 1 aromatic carbocycles. The molecule has 0 radical (unpaired) electrons. The average molecular weight is 408 g/mol. The third-order valence-electron chi connectivity index (χ3n) is 4.21. The lowest BCUT2D eigenvalue weighted by Crippen LogP contribution is -2.44. The molecule has 0 aliphatic rings. The van der Waals surface area contributed by atoms with Crippen molar-refractivity contribution in [3.05, 3.63) is 23.8 Å². The Morgan fingerprint density at radius 2 is 1.79 bits per heavy atom. The van der Waals surface area contributed by atoms with Crippen molar-refractivity contribution < 1.29 is 23.8 Å². The van der Waals surface area contributed by atoms with E-state index in [9.17, 15) is 9.59 Å². The van der Waals surface area contributed by atoms with Gasteiger partial charge in [0.1, 0.15) is 16.9 Å². The molecule has 1 atom stereocenters. The Morgan fingerprint density at radius 3 is 2.34 bits per heavy atom. The Labute approximate surface area is 175 Å². The van der Waals surface area contributed by atoms with Gasteiger partial charge in [-0.2, -0.15) is 0 Å². The molecule has 6 nitrogen and oxygen atoms in total. The highest BCUT2D eigenvalue weighted by Crippen LogP contribution is 2.27. The molecule has 0 bridgehead atoms. The molecule has 1 N–H and O–H groups in total. The number of esters is 1. The highest BCUT2D eigenvalue weighted by Gasteiger charge is 2.35. The van der Waals surface area contributed by atoms with Crippen LogP contribution in [0.25, 0.3) is 0 Å². The third kappa shape index (κ3) is 8.05. The summed E-state index contributed by atoms with van der Waals surface area (Å²) in [7, 11) is 0. The van der Waals surface area contributed by atoms with Crippen LogP contribution in [0.15, 0.2) is 18.2 Å². The molecule has 164 valence electrons. The van der Waals surface area contributed by atoms with Crippen LogP contribution in [0, 0.1) is 11.8 Å². The summed E-state index contributed by atoms with van der Waals surface area (Å²) < 4.78 is 16.8. The number of anilines is 1. The summed E-state index contributed by atoms with van der Waals surface area (Å²) in [6.07, 6.45) is 1.43. The van der Waals surface area contributed by atoms with Crippen molar-refractivity contribution in [3.63, 3.8) is 0 Å². The number of hydrogen-bond donors (Lipinski definition) is 1. The Morgan fingerprint density at radius 1 is 1.10 bits per heavy atom. The molecule has 0 saturated carbocycles. The molecule has 1 rings (SSSR count). The van der Waals surface area contributed by atoms with E-state index in [1.54, 1.807) is 25.1 Å². The van der Waals surface area contributed by atoms with Crippen LogP contribution in [0.5, 0.6) is 5.75 Å². The van der Waals surface area contributed by atoms with Crippen molar-refractivity contribution >= 4 is 17.6 Å². The second-order valence-electron chi connectivity index (χ2n) is 8.27. The first-order valence-electron chi connectivity index (χ1n) is 10.5. The van der Waals surface area contributed by atoms with Crippen molar-refractivity contribution in [3.8, 4) is 5.75 Å². The number of ether oxygens (including phenoxy) is 3. The van der Waals surface area contributed by atoms with Crippen molar-refractivity contribution in [2.75, 3.05) is 25.1 Å². The number of benzene rings is 1. The number of rotatable bonds is 12. The first-order chi connectivity index (χ1) is 13.6. The topological polar surface area (TPSA) is 73.9 Å². The van der Waals surface area contributed by atoms with Crippen LogP contribution in [0.1, 0.15) is 71.7 Å². The fourth-order valence-electron chi connectivity index (χ4n) is 2.95. The predicted molar refractivity (Wildman–Crippen MR) is 115 cm³/mol. The van der Waals surface area contributed by atoms with E-state index in [4.69, 9.17) is 14.2 Å². The van der Waals surface area contributed by atoms with Gasteiger partial charge in [-0.25, -0.2) is 4.79 Å². The molecule has 6 heteroatoms. The Bertz CT molecular complexity index is 671. The lowest BCUT2D eigenvalue weighted by Gasteiger charge is -2.30. The smallest absolute Gasteiger partial charge is 0.341 e. The molecule has 29 heavy (non-hydrogen) atoms. The standard InChI is InChI=1S/C23H37NO5/c1-8-12-29-23(7,14-16(3)4)22(26)24-18-10-11-20(28-15-17(5)6)19(13-18)21(25)27-9-2/h10-11,13,16-17H,8-9,12,14-15H2,1-7H3,(H,24,26). The van der Waals surface area contributed by atoms with E-state index in [2.05, 4.69) is 19.2 Å². The maximum atomic E-state index is 13.0. The van der Waals surface area contributed by atoms with Crippen LogP contribution in [-0.2, 0) is 14.3 Å². The monoisotopic (exact) mass is 407 g/mol. The van der Waals surface area contributed by atoms with Crippen LogP contribution in [-0.4, -0.2) is 37.3 Å². The minimum atomic E-state index is -0.943. The van der Waals surface area contributed by atoms with Gasteiger partial charge >= 0.3 is 5.97 Å². The zero-order valence-electron chi connectivity index (χ0n) is 19.0. The lowest BCUT2D eigenvalue weighted by atomic mass is 9.93. The Kier molecular flexibility index (Phi) is 10.2. The van der Waals surface area contributed by atoms with E-state index in [-0.39, 0.29) is 12.5 Å². The number of amides is 1. The average Bonchev–Trinajstić information content (AvgIpc) is 2.64. The normalized spacial score (nSPS) is 13.3. The molecular weight excluding hydrogens is 370 g/mol. The van der Waals surface area contributed by atoms with Crippen molar-refractivity contribution in [1.82, 2.24) is 0 Å². The molecule has 0 saturated heterocycles. The molecule has 0 aromatic heterocycles. The molecule has 0 fully saturated rings. The van der Waals surface area contributed by atoms with Gasteiger partial charge in [-0.1, -0.05) is 34.6 Å². The summed E-state index contributed by atoms with van der Waals surface area (Å²) in [4.78, 5) is 25.4. The van der Waals surface area contributed by atoms with Gasteiger partial charge in [-0.05, 0) is 56.7 Å². The zero-order valence-corrected chi connectivity index (χ0v) is 19.0. The van der Waals surface area contributed by atoms with E-state index in [0.29, 0.717) is 48.5 Å². The lowest BCUT2D eigenvalue weighted by molar-refractivity contribution is -0.141. The maximum absolute atomic E-state index is 13.0. The van der Waals surface area contributed by atoms with Gasteiger partial charge in [0, 0.05) is 12.3 Å². The van der Waals surface area contributed by atoms with E-state index >= 15 is 0 Å². The number of nitrogens with one attached hydrogen (secondary N) is 1. The van der Waals surface area contributed by atoms with Crippen LogP contribution < -0.4 is 10.1 Å². The highest BCUT2D eigenvalue weighted by molar-refractivity contribution is 5.99. The van der Waals surface area contributed by atoms with Crippen molar-refractivity contribution in [1.29, 1.82) is 0 Å². The van der Waals surface area contributed by atoms with Gasteiger partial charge in [0.2, 0.25) is 0 Å². The number of hydrogen-bond acceptors (Lipinski definition) is 5. The maximum Gasteiger partial charge on any atom is 0.341 e. The minimum absolute atomic E-state index is 0.231. The number of carbonyl (C=O) groups excluding carboxylic acids is 2. The SMILES string of the molecule is CCCOC(C)(CC(C)C)C(=O)Nc1ccc(OCC(C)C)c(C(=O)OCC)c1. The zero-order chi connectivity index (χ0) is 22.0. The molecule has 0 aliphatic heterocycles.